The van der Waals surface area contributed by atoms with Crippen molar-refractivity contribution in [2.24, 2.45) is 5.92 Å². The molecule has 0 spiro atoms. The Morgan fingerprint density at radius 2 is 2.00 bits per heavy atom. The SMILES string of the molecule is CCC(O)CNC(CC)C1CC1. The van der Waals surface area contributed by atoms with Gasteiger partial charge in [-0.1, -0.05) is 13.8 Å². The summed E-state index contributed by atoms with van der Waals surface area (Å²) in [6.07, 6.45) is 4.66. The Morgan fingerprint density at radius 3 is 2.42 bits per heavy atom. The summed E-state index contributed by atoms with van der Waals surface area (Å²) in [6.45, 7) is 5.00. The number of aliphatic hydroxyl groups excluding tert-OH is 1. The lowest BCUT2D eigenvalue weighted by Gasteiger charge is -2.18. The molecule has 0 heterocycles. The molecule has 0 aromatic carbocycles. The average Bonchev–Trinajstić information content (AvgIpc) is 2.89. The average molecular weight is 171 g/mol. The van der Waals surface area contributed by atoms with Gasteiger partial charge in [-0.15, -0.1) is 0 Å². The molecule has 1 saturated carbocycles. The molecule has 1 rings (SSSR count). The summed E-state index contributed by atoms with van der Waals surface area (Å²) >= 11 is 0. The van der Waals surface area contributed by atoms with Gasteiger partial charge in [-0.2, -0.15) is 0 Å². The second kappa shape index (κ2) is 4.83. The van der Waals surface area contributed by atoms with Crippen LogP contribution in [-0.4, -0.2) is 23.8 Å². The first-order valence-electron chi connectivity index (χ1n) is 5.19. The van der Waals surface area contributed by atoms with Crippen LogP contribution >= 0.6 is 0 Å². The minimum atomic E-state index is -0.155. The predicted octanol–water partition coefficient (Wildman–Crippen LogP) is 1.54. The molecule has 0 aromatic heterocycles. The van der Waals surface area contributed by atoms with Crippen molar-refractivity contribution in [3.05, 3.63) is 0 Å². The second-order valence-electron chi connectivity index (χ2n) is 3.82. The molecule has 0 bridgehead atoms. The lowest BCUT2D eigenvalue weighted by Crippen LogP contribution is -2.36. The Morgan fingerprint density at radius 1 is 1.33 bits per heavy atom. The third-order valence-corrected chi connectivity index (χ3v) is 2.72. The normalized spacial score (nSPS) is 22.2. The first-order valence-corrected chi connectivity index (χ1v) is 5.19. The molecule has 2 unspecified atom stereocenters. The Hall–Kier alpha value is -0.0800. The summed E-state index contributed by atoms with van der Waals surface area (Å²) < 4.78 is 0. The predicted molar refractivity (Wildman–Crippen MR) is 51.1 cm³/mol. The maximum Gasteiger partial charge on any atom is 0.0662 e. The standard InChI is InChI=1S/C10H21NO/c1-3-9(12)7-11-10(4-2)8-5-6-8/h8-12H,3-7H2,1-2H3. The lowest BCUT2D eigenvalue weighted by molar-refractivity contribution is 0.160. The van der Waals surface area contributed by atoms with Gasteiger partial charge in [-0.3, -0.25) is 0 Å². The zero-order valence-electron chi connectivity index (χ0n) is 8.21. The molecule has 2 nitrogen and oxygen atoms in total. The number of hydrogen-bond acceptors (Lipinski definition) is 2. The summed E-state index contributed by atoms with van der Waals surface area (Å²) in [6, 6.07) is 0.659. The molecule has 72 valence electrons. The number of nitrogens with one attached hydrogen (secondary N) is 1. The molecule has 1 aliphatic rings. The van der Waals surface area contributed by atoms with Crippen molar-refractivity contribution < 1.29 is 5.11 Å². The van der Waals surface area contributed by atoms with E-state index in [1.54, 1.807) is 0 Å². The Kier molecular flexibility index (Phi) is 4.02. The molecule has 2 atom stereocenters. The van der Waals surface area contributed by atoms with Crippen LogP contribution in [-0.2, 0) is 0 Å². The van der Waals surface area contributed by atoms with Crippen LogP contribution in [0.2, 0.25) is 0 Å². The van der Waals surface area contributed by atoms with E-state index in [4.69, 9.17) is 0 Å². The molecule has 0 radical (unpaired) electrons. The van der Waals surface area contributed by atoms with E-state index >= 15 is 0 Å². The zero-order chi connectivity index (χ0) is 8.97. The maximum atomic E-state index is 9.34. The van der Waals surface area contributed by atoms with Crippen molar-refractivity contribution in [1.82, 2.24) is 5.32 Å². The fraction of sp³-hybridized carbons (Fsp3) is 1.00. The summed E-state index contributed by atoms with van der Waals surface area (Å²) in [7, 11) is 0. The van der Waals surface area contributed by atoms with Crippen LogP contribution in [0.1, 0.15) is 39.5 Å². The van der Waals surface area contributed by atoms with Crippen molar-refractivity contribution in [2.45, 2.75) is 51.7 Å². The van der Waals surface area contributed by atoms with Crippen LogP contribution < -0.4 is 5.32 Å². The zero-order valence-corrected chi connectivity index (χ0v) is 8.21. The van der Waals surface area contributed by atoms with Gasteiger partial charge in [0.15, 0.2) is 0 Å². The second-order valence-corrected chi connectivity index (χ2v) is 3.82. The topological polar surface area (TPSA) is 32.3 Å². The van der Waals surface area contributed by atoms with E-state index in [0.29, 0.717) is 6.04 Å². The van der Waals surface area contributed by atoms with Crippen molar-refractivity contribution in [2.75, 3.05) is 6.54 Å². The summed E-state index contributed by atoms with van der Waals surface area (Å²) in [5, 5.41) is 12.8. The molecular weight excluding hydrogens is 150 g/mol. The molecule has 12 heavy (non-hydrogen) atoms. The molecule has 0 aliphatic heterocycles. The molecule has 1 fully saturated rings. The van der Waals surface area contributed by atoms with Crippen LogP contribution in [0.3, 0.4) is 0 Å². The summed E-state index contributed by atoms with van der Waals surface area (Å²) in [5.74, 6) is 0.902. The van der Waals surface area contributed by atoms with E-state index in [9.17, 15) is 5.11 Å². The summed E-state index contributed by atoms with van der Waals surface area (Å²) in [5.41, 5.74) is 0. The van der Waals surface area contributed by atoms with Crippen LogP contribution in [0.4, 0.5) is 0 Å². The molecule has 2 N–H and O–H groups in total. The third kappa shape index (κ3) is 3.11. The maximum absolute atomic E-state index is 9.34. The van der Waals surface area contributed by atoms with E-state index in [-0.39, 0.29) is 6.10 Å². The monoisotopic (exact) mass is 171 g/mol. The van der Waals surface area contributed by atoms with Crippen LogP contribution in [0.5, 0.6) is 0 Å². The minimum absolute atomic E-state index is 0.155. The summed E-state index contributed by atoms with van der Waals surface area (Å²) in [4.78, 5) is 0. The smallest absolute Gasteiger partial charge is 0.0662 e. The third-order valence-electron chi connectivity index (χ3n) is 2.72. The van der Waals surface area contributed by atoms with Crippen molar-refractivity contribution in [3.8, 4) is 0 Å². The van der Waals surface area contributed by atoms with E-state index in [1.165, 1.54) is 19.3 Å². The highest BCUT2D eigenvalue weighted by molar-refractivity contribution is 4.85. The van der Waals surface area contributed by atoms with Crippen molar-refractivity contribution >= 4 is 0 Å². The van der Waals surface area contributed by atoms with Gasteiger partial charge in [-0.05, 0) is 31.6 Å². The van der Waals surface area contributed by atoms with Crippen LogP contribution in [0, 0.1) is 5.92 Å². The van der Waals surface area contributed by atoms with Gasteiger partial charge in [0, 0.05) is 12.6 Å². The van der Waals surface area contributed by atoms with E-state index < -0.39 is 0 Å². The number of aliphatic hydroxyl groups is 1. The molecule has 2 heteroatoms. The van der Waals surface area contributed by atoms with Gasteiger partial charge in [-0.25, -0.2) is 0 Å². The highest BCUT2D eigenvalue weighted by Gasteiger charge is 2.29. The van der Waals surface area contributed by atoms with Crippen LogP contribution in [0.15, 0.2) is 0 Å². The van der Waals surface area contributed by atoms with Crippen LogP contribution in [0.25, 0.3) is 0 Å². The fourth-order valence-corrected chi connectivity index (χ4v) is 1.57. The molecule has 1 aliphatic carbocycles. The Balaban J connectivity index is 2.10. The van der Waals surface area contributed by atoms with Gasteiger partial charge in [0.2, 0.25) is 0 Å². The number of hydrogen-bond donors (Lipinski definition) is 2. The fourth-order valence-electron chi connectivity index (χ4n) is 1.57. The number of rotatable bonds is 6. The highest BCUT2D eigenvalue weighted by atomic mass is 16.3. The van der Waals surface area contributed by atoms with Gasteiger partial charge in [0.1, 0.15) is 0 Å². The highest BCUT2D eigenvalue weighted by Crippen LogP contribution is 2.33. The van der Waals surface area contributed by atoms with Crippen molar-refractivity contribution in [3.63, 3.8) is 0 Å². The van der Waals surface area contributed by atoms with E-state index in [1.807, 2.05) is 6.92 Å². The van der Waals surface area contributed by atoms with Crippen molar-refractivity contribution in [1.29, 1.82) is 0 Å². The Bertz CT molecular complexity index is 123. The van der Waals surface area contributed by atoms with E-state index in [0.717, 1.165) is 18.9 Å². The molecule has 0 amide bonds. The first-order chi connectivity index (χ1) is 5.77. The molecular formula is C10H21NO. The molecule has 0 aromatic rings. The van der Waals surface area contributed by atoms with Gasteiger partial charge in [0.05, 0.1) is 6.10 Å². The Labute approximate surface area is 75.4 Å². The van der Waals surface area contributed by atoms with Gasteiger partial charge in [0.25, 0.3) is 0 Å². The first kappa shape index (κ1) is 10.0. The van der Waals surface area contributed by atoms with E-state index in [2.05, 4.69) is 12.2 Å². The van der Waals surface area contributed by atoms with Gasteiger partial charge >= 0.3 is 0 Å². The lowest BCUT2D eigenvalue weighted by atomic mass is 10.1. The van der Waals surface area contributed by atoms with Gasteiger partial charge < -0.3 is 10.4 Å². The quantitative estimate of drug-likeness (QED) is 0.635. The minimum Gasteiger partial charge on any atom is -0.392 e. The molecule has 0 saturated heterocycles. The largest absolute Gasteiger partial charge is 0.392 e.